The van der Waals surface area contributed by atoms with Crippen molar-refractivity contribution in [3.8, 4) is 11.5 Å². The normalized spacial score (nSPS) is 14.6. The molecule has 0 saturated heterocycles. The zero-order valence-electron chi connectivity index (χ0n) is 13.1. The van der Waals surface area contributed by atoms with E-state index >= 15 is 0 Å². The minimum Gasteiger partial charge on any atom is -0.493 e. The van der Waals surface area contributed by atoms with Gasteiger partial charge < -0.3 is 25.7 Å². The van der Waals surface area contributed by atoms with E-state index in [1.807, 2.05) is 18.2 Å². The molecule has 0 heterocycles. The van der Waals surface area contributed by atoms with Crippen molar-refractivity contribution in [2.24, 2.45) is 10.9 Å². The summed E-state index contributed by atoms with van der Waals surface area (Å²) >= 11 is 0. The van der Waals surface area contributed by atoms with Gasteiger partial charge in [0.15, 0.2) is 11.5 Å². The average Bonchev–Trinajstić information content (AvgIpc) is 2.52. The van der Waals surface area contributed by atoms with Crippen LogP contribution in [-0.4, -0.2) is 31.3 Å². The lowest BCUT2D eigenvalue weighted by atomic mass is 10.0. The van der Waals surface area contributed by atoms with Crippen LogP contribution in [0.5, 0.6) is 11.5 Å². The molecule has 0 spiro atoms. The first-order chi connectivity index (χ1) is 10.0. The number of hydrogen-bond acceptors (Lipinski definition) is 5. The Kier molecular flexibility index (Phi) is 6.81. The highest BCUT2D eigenvalue weighted by Crippen LogP contribution is 2.30. The Bertz CT molecular complexity index is 477. The molecule has 1 rings (SSSR count). The average molecular weight is 295 g/mol. The number of rotatable bonds is 8. The molecule has 2 unspecified atom stereocenters. The Labute approximate surface area is 125 Å². The minimum atomic E-state index is 0.112. The molecule has 6 nitrogen and oxygen atoms in total. The highest BCUT2D eigenvalue weighted by Gasteiger charge is 2.15. The van der Waals surface area contributed by atoms with Gasteiger partial charge in [0, 0.05) is 18.5 Å². The topological polar surface area (TPSA) is 89.1 Å². The first-order valence-electron chi connectivity index (χ1n) is 7.00. The Hall–Kier alpha value is -1.95. The van der Waals surface area contributed by atoms with Gasteiger partial charge in [-0.1, -0.05) is 18.1 Å². The van der Waals surface area contributed by atoms with Crippen molar-refractivity contribution in [1.29, 1.82) is 0 Å². The molecule has 6 heteroatoms. The summed E-state index contributed by atoms with van der Waals surface area (Å²) in [4.78, 5) is 0. The Morgan fingerprint density at radius 3 is 2.52 bits per heavy atom. The zero-order valence-corrected chi connectivity index (χ0v) is 13.1. The van der Waals surface area contributed by atoms with Crippen LogP contribution < -0.4 is 20.5 Å². The number of nitrogens with one attached hydrogen (secondary N) is 1. The molecule has 0 radical (unpaired) electrons. The van der Waals surface area contributed by atoms with Gasteiger partial charge in [-0.2, -0.15) is 0 Å². The molecule has 0 aromatic heterocycles. The third-order valence-corrected chi connectivity index (χ3v) is 3.47. The number of benzene rings is 1. The molecule has 0 bridgehead atoms. The molecule has 0 fully saturated rings. The summed E-state index contributed by atoms with van der Waals surface area (Å²) in [6.45, 7) is 4.12. The van der Waals surface area contributed by atoms with E-state index in [0.29, 0.717) is 17.9 Å². The van der Waals surface area contributed by atoms with Crippen LogP contribution in [-0.2, 0) is 0 Å². The van der Waals surface area contributed by atoms with Crippen LogP contribution in [0.15, 0.2) is 23.4 Å². The highest BCUT2D eigenvalue weighted by molar-refractivity contribution is 5.80. The second-order valence-electron chi connectivity index (χ2n) is 4.90. The van der Waals surface area contributed by atoms with Gasteiger partial charge in [-0.3, -0.25) is 0 Å². The van der Waals surface area contributed by atoms with E-state index in [0.717, 1.165) is 12.0 Å². The summed E-state index contributed by atoms with van der Waals surface area (Å²) < 4.78 is 10.6. The van der Waals surface area contributed by atoms with Crippen LogP contribution in [0.2, 0.25) is 0 Å². The molecule has 0 aliphatic rings. The molecule has 2 atom stereocenters. The fourth-order valence-electron chi connectivity index (χ4n) is 2.19. The van der Waals surface area contributed by atoms with Crippen molar-refractivity contribution in [3.63, 3.8) is 0 Å². The summed E-state index contributed by atoms with van der Waals surface area (Å²) in [5, 5.41) is 15.2. The van der Waals surface area contributed by atoms with Gasteiger partial charge in [0.05, 0.1) is 14.2 Å². The molecule has 21 heavy (non-hydrogen) atoms. The molecule has 1 aromatic carbocycles. The van der Waals surface area contributed by atoms with Gasteiger partial charge >= 0.3 is 0 Å². The van der Waals surface area contributed by atoms with Crippen molar-refractivity contribution >= 4 is 5.84 Å². The van der Waals surface area contributed by atoms with Crippen molar-refractivity contribution in [3.05, 3.63) is 23.8 Å². The monoisotopic (exact) mass is 295 g/mol. The first-order valence-corrected chi connectivity index (χ1v) is 7.00. The van der Waals surface area contributed by atoms with Crippen LogP contribution in [0.1, 0.15) is 38.3 Å². The van der Waals surface area contributed by atoms with Crippen LogP contribution in [0.4, 0.5) is 0 Å². The van der Waals surface area contributed by atoms with E-state index in [4.69, 9.17) is 20.4 Å². The molecule has 0 saturated carbocycles. The number of nitrogens with zero attached hydrogens (tertiary/aromatic N) is 1. The summed E-state index contributed by atoms with van der Waals surface area (Å²) in [7, 11) is 3.23. The number of oxime groups is 1. The van der Waals surface area contributed by atoms with Gasteiger partial charge in [-0.15, -0.1) is 0 Å². The van der Waals surface area contributed by atoms with E-state index < -0.39 is 0 Å². The van der Waals surface area contributed by atoms with E-state index in [1.165, 1.54) is 0 Å². The molecule has 0 amide bonds. The fraction of sp³-hybridized carbons (Fsp3) is 0.533. The lowest BCUT2D eigenvalue weighted by Gasteiger charge is -2.23. The molecule has 4 N–H and O–H groups in total. The summed E-state index contributed by atoms with van der Waals surface area (Å²) in [6, 6.07) is 6.09. The molecule has 118 valence electrons. The van der Waals surface area contributed by atoms with Gasteiger partial charge in [-0.25, -0.2) is 0 Å². The second-order valence-corrected chi connectivity index (χ2v) is 4.90. The van der Waals surface area contributed by atoms with E-state index in [-0.39, 0.29) is 17.9 Å². The van der Waals surface area contributed by atoms with Crippen LogP contribution in [0.3, 0.4) is 0 Å². The molecule has 0 aliphatic heterocycles. The number of hydrogen-bond donors (Lipinski definition) is 3. The summed E-state index contributed by atoms with van der Waals surface area (Å²) in [5.74, 6) is 1.64. The highest BCUT2D eigenvalue weighted by atomic mass is 16.5. The van der Waals surface area contributed by atoms with Crippen molar-refractivity contribution in [1.82, 2.24) is 5.32 Å². The third-order valence-electron chi connectivity index (χ3n) is 3.47. The predicted molar refractivity (Wildman–Crippen MR) is 83.2 cm³/mol. The number of nitrogens with two attached hydrogens (primary N) is 1. The Morgan fingerprint density at radius 1 is 1.33 bits per heavy atom. The van der Waals surface area contributed by atoms with Crippen LogP contribution in [0, 0.1) is 0 Å². The SMILES string of the molecule is CCC(CC(N)=NO)NC(C)c1ccc(OC)c(OC)c1. The molecule has 1 aromatic rings. The largest absolute Gasteiger partial charge is 0.493 e. The second kappa shape index (κ2) is 8.36. The third kappa shape index (κ3) is 4.82. The summed E-state index contributed by atoms with van der Waals surface area (Å²) in [6.07, 6.45) is 1.39. The van der Waals surface area contributed by atoms with Gasteiger partial charge in [0.25, 0.3) is 0 Å². The lowest BCUT2D eigenvalue weighted by Crippen LogP contribution is -2.35. The van der Waals surface area contributed by atoms with Crippen molar-refractivity contribution in [2.45, 2.75) is 38.8 Å². The van der Waals surface area contributed by atoms with Crippen LogP contribution >= 0.6 is 0 Å². The maximum atomic E-state index is 8.66. The lowest BCUT2D eigenvalue weighted by molar-refractivity contribution is 0.314. The van der Waals surface area contributed by atoms with Gasteiger partial charge in [0.1, 0.15) is 5.84 Å². The number of ether oxygens (including phenoxy) is 2. The fourth-order valence-corrected chi connectivity index (χ4v) is 2.19. The predicted octanol–water partition coefficient (Wildman–Crippen LogP) is 2.27. The van der Waals surface area contributed by atoms with Gasteiger partial charge in [-0.05, 0) is 31.0 Å². The molecule has 0 aliphatic carbocycles. The van der Waals surface area contributed by atoms with Gasteiger partial charge in [0.2, 0.25) is 0 Å². The Morgan fingerprint density at radius 2 is 2.00 bits per heavy atom. The Balaban J connectivity index is 2.80. The van der Waals surface area contributed by atoms with E-state index in [9.17, 15) is 0 Å². The standard InChI is InChI=1S/C15H25N3O3/c1-5-12(9-15(16)18-19)17-10(2)11-6-7-13(20-3)14(8-11)21-4/h6-8,10,12,17,19H,5,9H2,1-4H3,(H2,16,18). The number of amidine groups is 1. The zero-order chi connectivity index (χ0) is 15.8. The molecular weight excluding hydrogens is 270 g/mol. The minimum absolute atomic E-state index is 0.112. The molecular formula is C15H25N3O3. The first kappa shape index (κ1) is 17.1. The van der Waals surface area contributed by atoms with E-state index in [2.05, 4.69) is 24.3 Å². The van der Waals surface area contributed by atoms with E-state index in [1.54, 1.807) is 14.2 Å². The quantitative estimate of drug-likeness (QED) is 0.296. The van der Waals surface area contributed by atoms with Crippen LogP contribution in [0.25, 0.3) is 0 Å². The van der Waals surface area contributed by atoms with Crippen molar-refractivity contribution in [2.75, 3.05) is 14.2 Å². The summed E-state index contributed by atoms with van der Waals surface area (Å²) in [5.41, 5.74) is 6.66. The maximum Gasteiger partial charge on any atom is 0.161 e. The number of methoxy groups -OCH3 is 2. The maximum absolute atomic E-state index is 8.66. The van der Waals surface area contributed by atoms with Crippen molar-refractivity contribution < 1.29 is 14.7 Å². The smallest absolute Gasteiger partial charge is 0.161 e.